The van der Waals surface area contributed by atoms with Gasteiger partial charge in [0, 0.05) is 19.3 Å². The van der Waals surface area contributed by atoms with Crippen LogP contribution in [0.5, 0.6) is 0 Å². The Hall–Kier alpha value is -4.71. The van der Waals surface area contributed by atoms with Crippen LogP contribution in [0.2, 0.25) is 0 Å². The first-order chi connectivity index (χ1) is 33.5. The lowest BCUT2D eigenvalue weighted by Gasteiger charge is -2.18. The van der Waals surface area contributed by atoms with Gasteiger partial charge in [-0.3, -0.25) is 14.4 Å². The smallest absolute Gasteiger partial charge is 0.306 e. The Morgan fingerprint density at radius 3 is 0.956 bits per heavy atom. The molecule has 0 aliphatic carbocycles. The number of esters is 3. The van der Waals surface area contributed by atoms with Crippen LogP contribution in [0, 0.1) is 0 Å². The fraction of sp³-hybridized carbons (Fsp3) is 0.565. The number of carbonyl (C=O) groups is 3. The molecule has 0 aromatic heterocycles. The maximum Gasteiger partial charge on any atom is 0.306 e. The molecule has 0 heterocycles. The molecule has 0 aromatic carbocycles. The van der Waals surface area contributed by atoms with Gasteiger partial charge in [-0.15, -0.1) is 0 Å². The molecule has 0 saturated carbocycles. The minimum atomic E-state index is -0.815. The van der Waals surface area contributed by atoms with E-state index in [9.17, 15) is 14.4 Å². The molecule has 68 heavy (non-hydrogen) atoms. The van der Waals surface area contributed by atoms with E-state index in [0.717, 1.165) is 141 Å². The minimum Gasteiger partial charge on any atom is -0.462 e. The molecule has 6 heteroatoms. The molecule has 0 aromatic rings. The number of allylic oxidation sites excluding steroid dienone is 24. The van der Waals surface area contributed by atoms with Crippen LogP contribution >= 0.6 is 0 Å². The van der Waals surface area contributed by atoms with E-state index in [2.05, 4.69) is 167 Å². The van der Waals surface area contributed by atoms with Crippen molar-refractivity contribution in [1.82, 2.24) is 0 Å². The van der Waals surface area contributed by atoms with Crippen molar-refractivity contribution in [2.75, 3.05) is 13.2 Å². The molecule has 0 aliphatic heterocycles. The molecular formula is C62H96O6. The molecular weight excluding hydrogens is 841 g/mol. The van der Waals surface area contributed by atoms with Gasteiger partial charge in [0.2, 0.25) is 0 Å². The summed E-state index contributed by atoms with van der Waals surface area (Å²) in [5.41, 5.74) is 0. The van der Waals surface area contributed by atoms with Crippen LogP contribution in [0.4, 0.5) is 0 Å². The predicted octanol–water partition coefficient (Wildman–Crippen LogP) is 18.0. The molecule has 0 bridgehead atoms. The van der Waals surface area contributed by atoms with Crippen molar-refractivity contribution in [3.8, 4) is 0 Å². The quantitative estimate of drug-likeness (QED) is 0.0262. The van der Waals surface area contributed by atoms with Gasteiger partial charge >= 0.3 is 17.9 Å². The molecule has 1 unspecified atom stereocenters. The molecule has 6 nitrogen and oxygen atoms in total. The SMILES string of the molecule is CC/C=C\C/C=C\C/C=C\C/C=C\C/C=C\C/C=C\C/C=C\CCCC(=O)OCC(COC(=O)CCCCCCCC)OC(=O)CCCCCCC/C=C\C/C=C\C/C=C\C/C=C\C/C=C\CC. The first-order valence-corrected chi connectivity index (χ1v) is 26.8. The summed E-state index contributed by atoms with van der Waals surface area (Å²) in [6.07, 6.45) is 78.6. The van der Waals surface area contributed by atoms with Gasteiger partial charge in [0.1, 0.15) is 13.2 Å². The molecule has 0 aliphatic rings. The van der Waals surface area contributed by atoms with Gasteiger partial charge in [-0.25, -0.2) is 0 Å². The number of hydrogen-bond donors (Lipinski definition) is 0. The third-order valence-electron chi connectivity index (χ3n) is 10.6. The first-order valence-electron chi connectivity index (χ1n) is 26.8. The Bertz CT molecular complexity index is 1540. The highest BCUT2D eigenvalue weighted by atomic mass is 16.6. The van der Waals surface area contributed by atoms with Crippen molar-refractivity contribution >= 4 is 17.9 Å². The van der Waals surface area contributed by atoms with E-state index < -0.39 is 6.10 Å². The lowest BCUT2D eigenvalue weighted by atomic mass is 10.1. The van der Waals surface area contributed by atoms with Crippen molar-refractivity contribution in [2.45, 2.75) is 213 Å². The zero-order valence-corrected chi connectivity index (χ0v) is 43.3. The Labute approximate surface area is 417 Å². The van der Waals surface area contributed by atoms with E-state index >= 15 is 0 Å². The zero-order valence-electron chi connectivity index (χ0n) is 43.3. The summed E-state index contributed by atoms with van der Waals surface area (Å²) in [4.78, 5) is 37.8. The molecule has 0 radical (unpaired) electrons. The van der Waals surface area contributed by atoms with Crippen molar-refractivity contribution in [3.05, 3.63) is 146 Å². The Morgan fingerprint density at radius 2 is 0.588 bits per heavy atom. The second kappa shape index (κ2) is 54.9. The lowest BCUT2D eigenvalue weighted by Crippen LogP contribution is -2.30. The van der Waals surface area contributed by atoms with Crippen molar-refractivity contribution in [3.63, 3.8) is 0 Å². The number of ether oxygens (including phenoxy) is 3. The fourth-order valence-corrected chi connectivity index (χ4v) is 6.63. The molecule has 1 atom stereocenters. The van der Waals surface area contributed by atoms with Gasteiger partial charge < -0.3 is 14.2 Å². The van der Waals surface area contributed by atoms with Gasteiger partial charge in [0.15, 0.2) is 6.10 Å². The highest BCUT2D eigenvalue weighted by molar-refractivity contribution is 5.71. The van der Waals surface area contributed by atoms with Crippen LogP contribution in [0.25, 0.3) is 0 Å². The number of unbranched alkanes of at least 4 members (excludes halogenated alkanes) is 11. The van der Waals surface area contributed by atoms with E-state index in [4.69, 9.17) is 14.2 Å². The van der Waals surface area contributed by atoms with Crippen molar-refractivity contribution < 1.29 is 28.6 Å². The van der Waals surface area contributed by atoms with E-state index in [1.165, 1.54) is 19.3 Å². The lowest BCUT2D eigenvalue weighted by molar-refractivity contribution is -0.167. The molecule has 0 amide bonds. The summed E-state index contributed by atoms with van der Waals surface area (Å²) in [5, 5.41) is 0. The Kier molecular flexibility index (Phi) is 51.1. The molecule has 0 fully saturated rings. The maximum absolute atomic E-state index is 12.8. The summed E-state index contributed by atoms with van der Waals surface area (Å²) < 4.78 is 16.7. The summed E-state index contributed by atoms with van der Waals surface area (Å²) in [6.45, 7) is 6.26. The first kappa shape index (κ1) is 63.3. The zero-order chi connectivity index (χ0) is 49.3. The highest BCUT2D eigenvalue weighted by Crippen LogP contribution is 2.12. The van der Waals surface area contributed by atoms with Gasteiger partial charge in [0.25, 0.3) is 0 Å². The average Bonchev–Trinajstić information content (AvgIpc) is 3.34. The second-order valence-corrected chi connectivity index (χ2v) is 17.0. The van der Waals surface area contributed by atoms with E-state index in [0.29, 0.717) is 12.8 Å². The molecule has 0 saturated heterocycles. The Morgan fingerprint density at radius 1 is 0.309 bits per heavy atom. The van der Waals surface area contributed by atoms with Crippen LogP contribution in [-0.2, 0) is 28.6 Å². The van der Waals surface area contributed by atoms with Crippen LogP contribution in [0.15, 0.2) is 146 Å². The van der Waals surface area contributed by atoms with Gasteiger partial charge in [0.05, 0.1) is 0 Å². The highest BCUT2D eigenvalue weighted by Gasteiger charge is 2.19. The van der Waals surface area contributed by atoms with Gasteiger partial charge in [-0.1, -0.05) is 218 Å². The van der Waals surface area contributed by atoms with Crippen LogP contribution in [-0.4, -0.2) is 37.2 Å². The number of rotatable bonds is 46. The predicted molar refractivity (Wildman–Crippen MR) is 292 cm³/mol. The molecule has 0 spiro atoms. The van der Waals surface area contributed by atoms with Crippen LogP contribution in [0.3, 0.4) is 0 Å². The monoisotopic (exact) mass is 937 g/mol. The largest absolute Gasteiger partial charge is 0.462 e. The molecule has 380 valence electrons. The normalized spacial score (nSPS) is 13.3. The summed E-state index contributed by atoms with van der Waals surface area (Å²) >= 11 is 0. The topological polar surface area (TPSA) is 78.9 Å². The number of hydrogen-bond acceptors (Lipinski definition) is 6. The summed E-state index contributed by atoms with van der Waals surface area (Å²) in [7, 11) is 0. The fourth-order valence-electron chi connectivity index (χ4n) is 6.63. The van der Waals surface area contributed by atoms with Gasteiger partial charge in [-0.2, -0.15) is 0 Å². The van der Waals surface area contributed by atoms with E-state index in [1.807, 2.05) is 0 Å². The van der Waals surface area contributed by atoms with Crippen LogP contribution < -0.4 is 0 Å². The summed E-state index contributed by atoms with van der Waals surface area (Å²) in [5.74, 6) is -1.01. The van der Waals surface area contributed by atoms with Crippen molar-refractivity contribution in [2.24, 2.45) is 0 Å². The Balaban J connectivity index is 4.38. The van der Waals surface area contributed by atoms with E-state index in [1.54, 1.807) is 0 Å². The second-order valence-electron chi connectivity index (χ2n) is 17.0. The van der Waals surface area contributed by atoms with E-state index in [-0.39, 0.29) is 44.0 Å². The molecule has 0 rings (SSSR count). The van der Waals surface area contributed by atoms with Crippen molar-refractivity contribution in [1.29, 1.82) is 0 Å². The van der Waals surface area contributed by atoms with Gasteiger partial charge in [-0.05, 0) is 116 Å². The third-order valence-corrected chi connectivity index (χ3v) is 10.6. The maximum atomic E-state index is 12.8. The van der Waals surface area contributed by atoms with Crippen LogP contribution in [0.1, 0.15) is 207 Å². The minimum absolute atomic E-state index is 0.110. The molecule has 0 N–H and O–H groups in total. The average molecular weight is 937 g/mol. The standard InChI is InChI=1S/C62H96O6/c1-4-7-10-13-16-18-20-22-24-26-28-30-31-33-34-36-38-40-42-44-46-49-52-55-61(64)67-58-59(57-66-60(63)54-51-48-15-12-9-6-3)68-62(65)56-53-50-47-45-43-41-39-37-35-32-29-27-25-23-21-19-17-14-11-8-5-2/h7-8,10-11,16-19,22-25,28-30,32-34,37-40,44,46,59H,4-6,9,12-15,20-21,26-27,31,35-36,41-43,45,47-58H2,1-3H3/b10-7-,11-8-,18-16-,19-17-,24-22-,25-23-,30-28-,32-29-,34-33-,39-37-,40-38-,46-44-. The number of carbonyl (C=O) groups excluding carboxylic acids is 3. The summed E-state index contributed by atoms with van der Waals surface area (Å²) in [6, 6.07) is 0. The third kappa shape index (κ3) is 52.3.